The molecule has 7 unspecified atom stereocenters. The lowest BCUT2D eigenvalue weighted by Crippen LogP contribution is -2.68. The Morgan fingerprint density at radius 3 is 2.47 bits per heavy atom. The number of benzene rings is 1. The molecule has 3 fully saturated rings. The number of halogens is 3. The number of nitrogens with zero attached hydrogens (tertiary/aromatic N) is 4. The first-order valence-corrected chi connectivity index (χ1v) is 11.2. The Kier molecular flexibility index (Phi) is 5.75. The van der Waals surface area contributed by atoms with Crippen LogP contribution in [0.4, 0.5) is 13.2 Å². The Labute approximate surface area is 194 Å². The largest absolute Gasteiger partial charge is 0.416 e. The van der Waals surface area contributed by atoms with Crippen LogP contribution in [0.1, 0.15) is 48.7 Å². The van der Waals surface area contributed by atoms with Crippen LogP contribution in [0.3, 0.4) is 0 Å². The number of alkyl halides is 3. The first kappa shape index (κ1) is 22.7. The van der Waals surface area contributed by atoms with Crippen LogP contribution in [0.15, 0.2) is 42.7 Å². The van der Waals surface area contributed by atoms with Gasteiger partial charge in [0, 0.05) is 30.3 Å². The summed E-state index contributed by atoms with van der Waals surface area (Å²) in [5.41, 5.74) is 3.01. The molecule has 1 saturated carbocycles. The molecule has 178 valence electrons. The van der Waals surface area contributed by atoms with Gasteiger partial charge in [0.2, 0.25) is 5.91 Å². The molecule has 3 N–H and O–H groups in total. The second-order valence-corrected chi connectivity index (χ2v) is 9.02. The van der Waals surface area contributed by atoms with E-state index in [0.717, 1.165) is 30.8 Å². The Balaban J connectivity index is 1.37. The molecule has 0 spiro atoms. The van der Waals surface area contributed by atoms with Gasteiger partial charge in [0.15, 0.2) is 0 Å². The molecule has 34 heavy (non-hydrogen) atoms. The smallest absolute Gasteiger partial charge is 0.340 e. The van der Waals surface area contributed by atoms with E-state index in [-0.39, 0.29) is 30.0 Å². The van der Waals surface area contributed by atoms with Gasteiger partial charge in [-0.25, -0.2) is 20.4 Å². The van der Waals surface area contributed by atoms with Crippen molar-refractivity contribution < 1.29 is 18.0 Å². The van der Waals surface area contributed by atoms with Crippen molar-refractivity contribution in [2.75, 3.05) is 0 Å². The Morgan fingerprint density at radius 1 is 1.18 bits per heavy atom. The zero-order valence-electron chi connectivity index (χ0n) is 18.3. The van der Waals surface area contributed by atoms with Gasteiger partial charge in [-0.2, -0.15) is 18.4 Å². The van der Waals surface area contributed by atoms with Gasteiger partial charge in [0.1, 0.15) is 11.9 Å². The number of aromatic nitrogens is 2. The molecule has 5 rings (SSSR count). The van der Waals surface area contributed by atoms with Crippen LogP contribution >= 0.6 is 0 Å². The zero-order valence-corrected chi connectivity index (χ0v) is 18.3. The average Bonchev–Trinajstić information content (AvgIpc) is 3.17. The third kappa shape index (κ3) is 3.91. The quantitative estimate of drug-likeness (QED) is 0.629. The second-order valence-electron chi connectivity index (χ2n) is 9.02. The molecular weight excluding hydrogens is 447 g/mol. The highest BCUT2D eigenvalue weighted by Gasteiger charge is 2.54. The molecule has 0 bridgehead atoms. The molecule has 1 aliphatic carbocycles. The minimum Gasteiger partial charge on any atom is -0.340 e. The van der Waals surface area contributed by atoms with E-state index in [1.807, 2.05) is 6.92 Å². The summed E-state index contributed by atoms with van der Waals surface area (Å²) in [5, 5.41) is 18.0. The molecule has 0 radical (unpaired) electrons. The van der Waals surface area contributed by atoms with Crippen LogP contribution in [0.25, 0.3) is 0 Å². The van der Waals surface area contributed by atoms with Gasteiger partial charge in [0.25, 0.3) is 0 Å². The van der Waals surface area contributed by atoms with Crippen molar-refractivity contribution >= 4 is 5.91 Å². The lowest BCUT2D eigenvalue weighted by atomic mass is 9.70. The Bertz CT molecular complexity index is 1090. The summed E-state index contributed by atoms with van der Waals surface area (Å²) in [5.74, 6) is 0.0553. The van der Waals surface area contributed by atoms with Gasteiger partial charge in [-0.1, -0.05) is 12.1 Å². The van der Waals surface area contributed by atoms with Crippen molar-refractivity contribution in [3.8, 4) is 6.07 Å². The molecule has 8 nitrogen and oxygen atoms in total. The topological polar surface area (TPSA) is 106 Å². The predicted octanol–water partition coefficient (Wildman–Crippen LogP) is 2.45. The van der Waals surface area contributed by atoms with Crippen LogP contribution in [0, 0.1) is 23.2 Å². The zero-order chi connectivity index (χ0) is 24.0. The molecule has 11 heteroatoms. The SMILES string of the molecule is CC(c1ccc(C(F)(F)F)cc1)N1NC(C#N)C2C(=O)NC(C3CCC3c3ncccn3)NC21. The summed E-state index contributed by atoms with van der Waals surface area (Å²) in [7, 11) is 0. The summed E-state index contributed by atoms with van der Waals surface area (Å²) >= 11 is 0. The van der Waals surface area contributed by atoms with Gasteiger partial charge < -0.3 is 5.32 Å². The van der Waals surface area contributed by atoms with Crippen molar-refractivity contribution in [3.63, 3.8) is 0 Å². The summed E-state index contributed by atoms with van der Waals surface area (Å²) in [6.45, 7) is 1.83. The maximum Gasteiger partial charge on any atom is 0.416 e. The fraction of sp³-hybridized carbons (Fsp3) is 0.478. The van der Waals surface area contributed by atoms with Gasteiger partial charge in [-0.3, -0.25) is 10.1 Å². The number of rotatable bonds is 4. The predicted molar refractivity (Wildman–Crippen MR) is 114 cm³/mol. The first-order chi connectivity index (χ1) is 16.3. The maximum absolute atomic E-state index is 13.1. The molecule has 1 aromatic heterocycles. The monoisotopic (exact) mass is 471 g/mol. The number of nitrogens with one attached hydrogen (secondary N) is 3. The minimum absolute atomic E-state index is 0.0941. The van der Waals surface area contributed by atoms with E-state index in [2.05, 4.69) is 32.1 Å². The molecule has 1 aromatic carbocycles. The van der Waals surface area contributed by atoms with E-state index in [1.54, 1.807) is 23.5 Å². The molecule has 2 aliphatic heterocycles. The number of amides is 1. The highest BCUT2D eigenvalue weighted by Crippen LogP contribution is 2.44. The third-order valence-corrected chi connectivity index (χ3v) is 7.19. The highest BCUT2D eigenvalue weighted by molar-refractivity contribution is 5.82. The second kappa shape index (κ2) is 8.61. The molecule has 7 atom stereocenters. The van der Waals surface area contributed by atoms with E-state index in [0.29, 0.717) is 5.56 Å². The van der Waals surface area contributed by atoms with Crippen molar-refractivity contribution in [1.29, 1.82) is 5.26 Å². The summed E-state index contributed by atoms with van der Waals surface area (Å²) in [4.78, 5) is 21.8. The number of nitriles is 1. The van der Waals surface area contributed by atoms with E-state index >= 15 is 0 Å². The third-order valence-electron chi connectivity index (χ3n) is 7.19. The van der Waals surface area contributed by atoms with Crippen molar-refractivity contribution in [1.82, 2.24) is 31.0 Å². The molecular formula is C23H24F3N7O. The normalized spacial score (nSPS) is 32.3. The Morgan fingerprint density at radius 2 is 1.88 bits per heavy atom. The Hall–Kier alpha value is -3.07. The van der Waals surface area contributed by atoms with Crippen molar-refractivity contribution in [3.05, 3.63) is 59.7 Å². The number of carbonyl (C=O) groups is 1. The number of hydrogen-bond donors (Lipinski definition) is 3. The summed E-state index contributed by atoms with van der Waals surface area (Å²) < 4.78 is 38.9. The average molecular weight is 471 g/mol. The number of fused-ring (bicyclic) bond motifs is 1. The molecule has 3 heterocycles. The van der Waals surface area contributed by atoms with E-state index < -0.39 is 29.9 Å². The van der Waals surface area contributed by atoms with Crippen LogP contribution in [0.5, 0.6) is 0 Å². The van der Waals surface area contributed by atoms with Crippen LogP contribution in [0.2, 0.25) is 0 Å². The van der Waals surface area contributed by atoms with E-state index in [4.69, 9.17) is 0 Å². The van der Waals surface area contributed by atoms with Gasteiger partial charge in [-0.15, -0.1) is 0 Å². The fourth-order valence-corrected chi connectivity index (χ4v) is 5.18. The summed E-state index contributed by atoms with van der Waals surface area (Å²) in [6.07, 6.45) is -0.0399. The van der Waals surface area contributed by atoms with Crippen LogP contribution in [-0.2, 0) is 11.0 Å². The number of hydrogen-bond acceptors (Lipinski definition) is 7. The standard InChI is InChI=1S/C23H24F3N7O/c1-12(13-3-5-14(6-4-13)23(24,25)26)33-21-18(17(11-27)32-33)22(34)31-20(30-21)16-8-7-15(16)19-28-9-2-10-29-19/h2-6,9-10,12,15-18,20-21,30,32H,7-8H2,1H3,(H,31,34). The van der Waals surface area contributed by atoms with E-state index in [9.17, 15) is 23.2 Å². The van der Waals surface area contributed by atoms with Gasteiger partial charge >= 0.3 is 6.18 Å². The lowest BCUT2D eigenvalue weighted by molar-refractivity contribution is -0.137. The van der Waals surface area contributed by atoms with Gasteiger partial charge in [-0.05, 0) is 43.5 Å². The number of carbonyl (C=O) groups excluding carboxylic acids is 1. The molecule has 2 aromatic rings. The van der Waals surface area contributed by atoms with Crippen molar-refractivity contribution in [2.45, 2.75) is 56.3 Å². The van der Waals surface area contributed by atoms with Crippen LogP contribution < -0.4 is 16.1 Å². The molecule has 2 saturated heterocycles. The van der Waals surface area contributed by atoms with E-state index in [1.165, 1.54) is 12.1 Å². The highest BCUT2D eigenvalue weighted by atomic mass is 19.4. The van der Waals surface area contributed by atoms with Crippen molar-refractivity contribution in [2.24, 2.45) is 11.8 Å². The molecule has 3 aliphatic rings. The van der Waals surface area contributed by atoms with Crippen LogP contribution in [-0.4, -0.2) is 39.3 Å². The first-order valence-electron chi connectivity index (χ1n) is 11.2. The fourth-order valence-electron chi connectivity index (χ4n) is 5.18. The lowest BCUT2D eigenvalue weighted by Gasteiger charge is -2.47. The van der Waals surface area contributed by atoms with Gasteiger partial charge in [0.05, 0.1) is 29.9 Å². The summed E-state index contributed by atoms with van der Waals surface area (Å²) in [6, 6.07) is 7.71. The molecule has 1 amide bonds. The maximum atomic E-state index is 13.1. The minimum atomic E-state index is -4.41. The number of hydrazine groups is 1.